The van der Waals surface area contributed by atoms with Crippen molar-refractivity contribution < 1.29 is 9.90 Å². The number of aromatic nitrogens is 2. The minimum atomic E-state index is -0.748. The Morgan fingerprint density at radius 2 is 2.06 bits per heavy atom. The SMILES string of the molecule is CCC(CC)n1ccc(CC(C)(CC)C(=O)O)n1. The van der Waals surface area contributed by atoms with Gasteiger partial charge in [-0.1, -0.05) is 20.8 Å². The molecular weight excluding hydrogens is 228 g/mol. The summed E-state index contributed by atoms with van der Waals surface area (Å²) < 4.78 is 1.97. The molecule has 4 heteroatoms. The molecule has 0 saturated heterocycles. The molecule has 0 bridgehead atoms. The molecule has 1 rings (SSSR count). The summed E-state index contributed by atoms with van der Waals surface area (Å²) in [6.07, 6.45) is 5.15. The fourth-order valence-corrected chi connectivity index (χ4v) is 2.09. The summed E-state index contributed by atoms with van der Waals surface area (Å²) in [5.41, 5.74) is 0.154. The van der Waals surface area contributed by atoms with E-state index in [1.807, 2.05) is 23.9 Å². The van der Waals surface area contributed by atoms with Crippen LogP contribution in [0.15, 0.2) is 12.3 Å². The third-order valence-corrected chi connectivity index (χ3v) is 3.85. The first-order valence-corrected chi connectivity index (χ1v) is 6.74. The van der Waals surface area contributed by atoms with Gasteiger partial charge in [-0.05, 0) is 32.3 Å². The van der Waals surface area contributed by atoms with Gasteiger partial charge in [0.15, 0.2) is 0 Å². The molecule has 1 aromatic heterocycles. The summed E-state index contributed by atoms with van der Waals surface area (Å²) in [4.78, 5) is 11.3. The maximum Gasteiger partial charge on any atom is 0.309 e. The molecule has 1 N–H and O–H groups in total. The molecule has 102 valence electrons. The van der Waals surface area contributed by atoms with E-state index in [0.29, 0.717) is 18.9 Å². The first kappa shape index (κ1) is 14.7. The minimum absolute atomic E-state index is 0.413. The van der Waals surface area contributed by atoms with Crippen molar-refractivity contribution >= 4 is 5.97 Å². The van der Waals surface area contributed by atoms with Crippen LogP contribution in [0.4, 0.5) is 0 Å². The molecule has 1 atom stereocenters. The second-order valence-corrected chi connectivity index (χ2v) is 5.15. The monoisotopic (exact) mass is 252 g/mol. The van der Waals surface area contributed by atoms with Gasteiger partial charge in [-0.3, -0.25) is 9.48 Å². The van der Waals surface area contributed by atoms with Crippen molar-refractivity contribution in [3.8, 4) is 0 Å². The molecule has 1 unspecified atom stereocenters. The average molecular weight is 252 g/mol. The van der Waals surface area contributed by atoms with Gasteiger partial charge in [0.25, 0.3) is 0 Å². The quantitative estimate of drug-likeness (QED) is 0.810. The van der Waals surface area contributed by atoms with Crippen molar-refractivity contribution in [2.45, 2.75) is 59.4 Å². The van der Waals surface area contributed by atoms with Crippen LogP contribution in [-0.2, 0) is 11.2 Å². The van der Waals surface area contributed by atoms with E-state index in [9.17, 15) is 9.90 Å². The number of hydrogen-bond donors (Lipinski definition) is 1. The number of carboxylic acid groups (broad SMARTS) is 1. The lowest BCUT2D eigenvalue weighted by atomic mass is 9.83. The highest BCUT2D eigenvalue weighted by atomic mass is 16.4. The Bertz CT molecular complexity index is 396. The van der Waals surface area contributed by atoms with E-state index in [4.69, 9.17) is 0 Å². The predicted octanol–water partition coefficient (Wildman–Crippen LogP) is 3.29. The molecule has 4 nitrogen and oxygen atoms in total. The number of carboxylic acids is 1. The molecule has 0 aliphatic carbocycles. The van der Waals surface area contributed by atoms with E-state index in [0.717, 1.165) is 18.5 Å². The largest absolute Gasteiger partial charge is 0.481 e. The van der Waals surface area contributed by atoms with E-state index in [1.165, 1.54) is 0 Å². The summed E-state index contributed by atoms with van der Waals surface area (Å²) >= 11 is 0. The third-order valence-electron chi connectivity index (χ3n) is 3.85. The van der Waals surface area contributed by atoms with E-state index in [-0.39, 0.29) is 0 Å². The van der Waals surface area contributed by atoms with E-state index < -0.39 is 11.4 Å². The lowest BCUT2D eigenvalue weighted by molar-refractivity contribution is -0.148. The molecule has 0 spiro atoms. The molecule has 0 aliphatic rings. The highest BCUT2D eigenvalue weighted by molar-refractivity contribution is 5.74. The Labute approximate surface area is 109 Å². The second-order valence-electron chi connectivity index (χ2n) is 5.15. The summed E-state index contributed by atoms with van der Waals surface area (Å²) in [5.74, 6) is -0.748. The molecule has 0 aromatic carbocycles. The standard InChI is InChI=1S/C14H24N2O2/c1-5-12(6-2)16-9-8-11(15-16)10-14(4,7-3)13(17)18/h8-9,12H,5-7,10H2,1-4H3,(H,17,18). The summed E-state index contributed by atoms with van der Waals surface area (Å²) in [5, 5.41) is 13.8. The molecule has 1 aromatic rings. The van der Waals surface area contributed by atoms with Gasteiger partial charge in [0.05, 0.1) is 17.2 Å². The van der Waals surface area contributed by atoms with Crippen LogP contribution in [0.25, 0.3) is 0 Å². The Morgan fingerprint density at radius 3 is 2.50 bits per heavy atom. The molecule has 0 aliphatic heterocycles. The van der Waals surface area contributed by atoms with Gasteiger partial charge in [-0.25, -0.2) is 0 Å². The molecule has 1 heterocycles. The zero-order chi connectivity index (χ0) is 13.8. The first-order chi connectivity index (χ1) is 8.46. The Hall–Kier alpha value is -1.32. The van der Waals surface area contributed by atoms with Crippen LogP contribution in [0.2, 0.25) is 0 Å². The maximum absolute atomic E-state index is 11.3. The van der Waals surface area contributed by atoms with Gasteiger partial charge in [-0.2, -0.15) is 5.10 Å². The van der Waals surface area contributed by atoms with Crippen LogP contribution in [-0.4, -0.2) is 20.9 Å². The van der Waals surface area contributed by atoms with Gasteiger partial charge in [0.1, 0.15) is 0 Å². The van der Waals surface area contributed by atoms with E-state index in [1.54, 1.807) is 6.92 Å². The normalized spacial score (nSPS) is 14.7. The molecule has 0 fully saturated rings. The van der Waals surface area contributed by atoms with Crippen LogP contribution in [0, 0.1) is 5.41 Å². The Kier molecular flexibility index (Phi) is 4.93. The fraction of sp³-hybridized carbons (Fsp3) is 0.714. The Balaban J connectivity index is 2.83. The van der Waals surface area contributed by atoms with Crippen molar-refractivity contribution in [1.29, 1.82) is 0 Å². The molecular formula is C14H24N2O2. The molecule has 0 saturated carbocycles. The summed E-state index contributed by atoms with van der Waals surface area (Å²) in [6, 6.07) is 2.35. The van der Waals surface area contributed by atoms with Crippen LogP contribution < -0.4 is 0 Å². The highest BCUT2D eigenvalue weighted by Gasteiger charge is 2.32. The van der Waals surface area contributed by atoms with Crippen LogP contribution in [0.3, 0.4) is 0 Å². The van der Waals surface area contributed by atoms with Gasteiger partial charge < -0.3 is 5.11 Å². The van der Waals surface area contributed by atoms with Gasteiger partial charge in [0, 0.05) is 12.6 Å². The number of rotatable bonds is 7. The number of hydrogen-bond acceptors (Lipinski definition) is 2. The van der Waals surface area contributed by atoms with Gasteiger partial charge in [-0.15, -0.1) is 0 Å². The number of nitrogens with zero attached hydrogens (tertiary/aromatic N) is 2. The molecule has 0 amide bonds. The average Bonchev–Trinajstić information content (AvgIpc) is 2.78. The third kappa shape index (κ3) is 3.12. The van der Waals surface area contributed by atoms with Crippen molar-refractivity contribution in [2.24, 2.45) is 5.41 Å². The topological polar surface area (TPSA) is 55.1 Å². The van der Waals surface area contributed by atoms with Crippen molar-refractivity contribution in [2.75, 3.05) is 0 Å². The zero-order valence-corrected chi connectivity index (χ0v) is 11.8. The summed E-state index contributed by atoms with van der Waals surface area (Å²) in [6.45, 7) is 7.98. The zero-order valence-electron chi connectivity index (χ0n) is 11.8. The van der Waals surface area contributed by atoms with Crippen molar-refractivity contribution in [3.05, 3.63) is 18.0 Å². The number of aliphatic carboxylic acids is 1. The highest BCUT2D eigenvalue weighted by Crippen LogP contribution is 2.26. The van der Waals surface area contributed by atoms with E-state index >= 15 is 0 Å². The second kappa shape index (κ2) is 6.03. The molecule has 0 radical (unpaired) electrons. The van der Waals surface area contributed by atoms with Gasteiger partial charge in [0.2, 0.25) is 0 Å². The van der Waals surface area contributed by atoms with Crippen LogP contribution in [0.5, 0.6) is 0 Å². The number of carbonyl (C=O) groups is 1. The van der Waals surface area contributed by atoms with Crippen LogP contribution in [0.1, 0.15) is 58.7 Å². The lowest BCUT2D eigenvalue weighted by Crippen LogP contribution is -2.29. The minimum Gasteiger partial charge on any atom is -0.481 e. The smallest absolute Gasteiger partial charge is 0.309 e. The van der Waals surface area contributed by atoms with Crippen LogP contribution >= 0.6 is 0 Å². The van der Waals surface area contributed by atoms with Gasteiger partial charge >= 0.3 is 5.97 Å². The lowest BCUT2D eigenvalue weighted by Gasteiger charge is -2.21. The van der Waals surface area contributed by atoms with Crippen molar-refractivity contribution in [1.82, 2.24) is 9.78 Å². The summed E-state index contributed by atoms with van der Waals surface area (Å²) in [7, 11) is 0. The van der Waals surface area contributed by atoms with E-state index in [2.05, 4.69) is 18.9 Å². The fourth-order valence-electron chi connectivity index (χ4n) is 2.09. The maximum atomic E-state index is 11.3. The Morgan fingerprint density at radius 1 is 1.44 bits per heavy atom. The van der Waals surface area contributed by atoms with Crippen molar-refractivity contribution in [3.63, 3.8) is 0 Å². The molecule has 18 heavy (non-hydrogen) atoms. The predicted molar refractivity (Wildman–Crippen MR) is 71.6 cm³/mol. The first-order valence-electron chi connectivity index (χ1n) is 6.74.